The van der Waals surface area contributed by atoms with Gasteiger partial charge in [-0.15, -0.1) is 0 Å². The minimum atomic E-state index is -3.61. The van der Waals surface area contributed by atoms with E-state index in [0.29, 0.717) is 13.0 Å². The molecule has 25 heavy (non-hydrogen) atoms. The Kier molecular flexibility index (Phi) is 5.40. The monoisotopic (exact) mass is 360 g/mol. The van der Waals surface area contributed by atoms with Gasteiger partial charge in [-0.1, -0.05) is 24.6 Å². The zero-order valence-electron chi connectivity index (χ0n) is 13.7. The number of carbonyl (C=O) groups excluding carboxylic acids is 1. The van der Waals surface area contributed by atoms with E-state index >= 15 is 0 Å². The highest BCUT2D eigenvalue weighted by atomic mass is 32.2. The first-order chi connectivity index (χ1) is 12.1. The number of rotatable bonds is 5. The quantitative estimate of drug-likeness (QED) is 0.881. The van der Waals surface area contributed by atoms with Gasteiger partial charge in [-0.3, -0.25) is 10.1 Å². The lowest BCUT2D eigenvalue weighted by Crippen LogP contribution is -2.45. The van der Waals surface area contributed by atoms with Gasteiger partial charge in [0.25, 0.3) is 0 Å². The van der Waals surface area contributed by atoms with Gasteiger partial charge in [0.05, 0.1) is 4.90 Å². The molecule has 1 aliphatic heterocycles. The van der Waals surface area contributed by atoms with Crippen molar-refractivity contribution in [3.63, 3.8) is 0 Å². The highest BCUT2D eigenvalue weighted by molar-refractivity contribution is 7.89. The maximum absolute atomic E-state index is 12.9. The van der Waals surface area contributed by atoms with E-state index in [1.165, 1.54) is 16.7 Å². The predicted octanol–water partition coefficient (Wildman–Crippen LogP) is 2.05. The van der Waals surface area contributed by atoms with Crippen LogP contribution in [0.4, 0.5) is 5.95 Å². The zero-order valence-corrected chi connectivity index (χ0v) is 14.5. The number of benzene rings is 1. The van der Waals surface area contributed by atoms with Gasteiger partial charge < -0.3 is 0 Å². The number of anilines is 1. The van der Waals surface area contributed by atoms with Crippen LogP contribution in [-0.2, 0) is 14.8 Å². The molecule has 1 fully saturated rings. The lowest BCUT2D eigenvalue weighted by atomic mass is 10.0. The largest absolute Gasteiger partial charge is 0.294 e. The van der Waals surface area contributed by atoms with Gasteiger partial charge >= 0.3 is 0 Å². The van der Waals surface area contributed by atoms with Crippen LogP contribution in [0.2, 0.25) is 0 Å². The normalized spacial score (nSPS) is 18.6. The van der Waals surface area contributed by atoms with Crippen molar-refractivity contribution in [1.29, 1.82) is 0 Å². The summed E-state index contributed by atoms with van der Waals surface area (Å²) >= 11 is 0. The van der Waals surface area contributed by atoms with Crippen LogP contribution in [0.25, 0.3) is 0 Å². The van der Waals surface area contributed by atoms with Crippen LogP contribution in [0, 0.1) is 0 Å². The highest BCUT2D eigenvalue weighted by Gasteiger charge is 2.34. The molecule has 7 nitrogen and oxygen atoms in total. The number of nitrogens with zero attached hydrogens (tertiary/aromatic N) is 3. The van der Waals surface area contributed by atoms with E-state index in [1.54, 1.807) is 36.4 Å². The molecular weight excluding hydrogens is 340 g/mol. The van der Waals surface area contributed by atoms with Crippen LogP contribution in [0.1, 0.15) is 25.7 Å². The molecule has 132 valence electrons. The molecule has 0 bridgehead atoms. The lowest BCUT2D eigenvalue weighted by Gasteiger charge is -2.34. The highest BCUT2D eigenvalue weighted by Crippen LogP contribution is 2.27. The second-order valence-electron chi connectivity index (χ2n) is 5.90. The van der Waals surface area contributed by atoms with Crippen molar-refractivity contribution < 1.29 is 13.2 Å². The molecule has 8 heteroatoms. The third kappa shape index (κ3) is 4.21. The van der Waals surface area contributed by atoms with Gasteiger partial charge in [-0.05, 0) is 31.0 Å². The van der Waals surface area contributed by atoms with Crippen molar-refractivity contribution in [3.8, 4) is 0 Å². The van der Waals surface area contributed by atoms with E-state index in [9.17, 15) is 13.2 Å². The molecule has 1 aromatic heterocycles. The number of sulfonamides is 1. The predicted molar refractivity (Wildman–Crippen MR) is 93.3 cm³/mol. The third-order valence-corrected chi connectivity index (χ3v) is 6.13. The maximum atomic E-state index is 12.9. The van der Waals surface area contributed by atoms with Crippen LogP contribution in [-0.4, -0.2) is 41.2 Å². The lowest BCUT2D eigenvalue weighted by molar-refractivity contribution is -0.117. The minimum Gasteiger partial charge on any atom is -0.294 e. The summed E-state index contributed by atoms with van der Waals surface area (Å²) in [7, 11) is -3.61. The van der Waals surface area contributed by atoms with E-state index in [2.05, 4.69) is 15.3 Å². The standard InChI is InChI=1S/C17H20N4O3S/c22-16(20-17-18-10-6-11-19-17)13-14-7-4-5-12-21(14)25(23,24)15-8-2-1-3-9-15/h1-3,6,8-11,14H,4-5,7,12-13H2,(H,18,19,20,22)/t14-/m1/s1. The van der Waals surface area contributed by atoms with Crippen molar-refractivity contribution in [3.05, 3.63) is 48.8 Å². The summed E-state index contributed by atoms with van der Waals surface area (Å²) in [6.45, 7) is 0.428. The Hall–Kier alpha value is -2.32. The van der Waals surface area contributed by atoms with Gasteiger partial charge in [-0.2, -0.15) is 4.31 Å². The molecule has 1 amide bonds. The van der Waals surface area contributed by atoms with E-state index in [4.69, 9.17) is 0 Å². The number of amides is 1. The molecule has 1 saturated heterocycles. The summed E-state index contributed by atoms with van der Waals surface area (Å²) in [6, 6.07) is 9.64. The van der Waals surface area contributed by atoms with Crippen molar-refractivity contribution in [2.75, 3.05) is 11.9 Å². The van der Waals surface area contributed by atoms with E-state index in [1.807, 2.05) is 0 Å². The Bertz CT molecular complexity index is 812. The molecule has 1 aliphatic rings. The fourth-order valence-electron chi connectivity index (χ4n) is 2.98. The second-order valence-corrected chi connectivity index (χ2v) is 7.79. The molecule has 1 N–H and O–H groups in total. The van der Waals surface area contributed by atoms with Gasteiger partial charge in [-0.25, -0.2) is 18.4 Å². The smallest absolute Gasteiger partial charge is 0.243 e. The van der Waals surface area contributed by atoms with E-state index < -0.39 is 10.0 Å². The third-order valence-electron chi connectivity index (χ3n) is 4.16. The Labute approximate surface area is 147 Å². The summed E-state index contributed by atoms with van der Waals surface area (Å²) in [5, 5.41) is 2.62. The van der Waals surface area contributed by atoms with Crippen molar-refractivity contribution in [1.82, 2.24) is 14.3 Å². The summed E-state index contributed by atoms with van der Waals surface area (Å²) in [5.41, 5.74) is 0. The summed E-state index contributed by atoms with van der Waals surface area (Å²) in [6.07, 6.45) is 5.52. The van der Waals surface area contributed by atoms with Crippen molar-refractivity contribution in [2.45, 2.75) is 36.6 Å². The van der Waals surface area contributed by atoms with Crippen LogP contribution in [0.5, 0.6) is 0 Å². The minimum absolute atomic E-state index is 0.0876. The number of carbonyl (C=O) groups is 1. The van der Waals surface area contributed by atoms with Gasteiger partial charge in [0.1, 0.15) is 0 Å². The van der Waals surface area contributed by atoms with Crippen molar-refractivity contribution in [2.24, 2.45) is 0 Å². The van der Waals surface area contributed by atoms with E-state index in [-0.39, 0.29) is 29.2 Å². The second kappa shape index (κ2) is 7.71. The number of hydrogen-bond acceptors (Lipinski definition) is 5. The topological polar surface area (TPSA) is 92.3 Å². The Morgan fingerprint density at radius 3 is 2.56 bits per heavy atom. The fraction of sp³-hybridized carbons (Fsp3) is 0.353. The summed E-state index contributed by atoms with van der Waals surface area (Å²) < 4.78 is 27.3. The first kappa shape index (κ1) is 17.5. The number of piperidine rings is 1. The molecule has 0 radical (unpaired) electrons. The molecule has 2 aromatic rings. The Balaban J connectivity index is 1.74. The molecule has 1 aromatic carbocycles. The molecular formula is C17H20N4O3S. The number of aromatic nitrogens is 2. The average Bonchev–Trinajstić information content (AvgIpc) is 2.63. The molecule has 0 aliphatic carbocycles. The zero-order chi connectivity index (χ0) is 17.7. The van der Waals surface area contributed by atoms with Gasteiger partial charge in [0, 0.05) is 31.4 Å². The molecule has 0 spiro atoms. The maximum Gasteiger partial charge on any atom is 0.243 e. The van der Waals surface area contributed by atoms with Gasteiger partial charge in [0.2, 0.25) is 21.9 Å². The van der Waals surface area contributed by atoms with Crippen molar-refractivity contribution >= 4 is 21.9 Å². The number of nitrogens with one attached hydrogen (secondary N) is 1. The van der Waals surface area contributed by atoms with Crippen LogP contribution < -0.4 is 5.32 Å². The molecule has 2 heterocycles. The molecule has 1 atom stereocenters. The first-order valence-corrected chi connectivity index (χ1v) is 9.65. The Morgan fingerprint density at radius 1 is 1.12 bits per heavy atom. The molecule has 0 saturated carbocycles. The SMILES string of the molecule is O=C(C[C@H]1CCCCN1S(=O)(=O)c1ccccc1)Nc1ncccn1. The summed E-state index contributed by atoms with van der Waals surface area (Å²) in [4.78, 5) is 20.4. The summed E-state index contributed by atoms with van der Waals surface area (Å²) in [5.74, 6) is -0.0628. The number of hydrogen-bond donors (Lipinski definition) is 1. The van der Waals surface area contributed by atoms with E-state index in [0.717, 1.165) is 12.8 Å². The Morgan fingerprint density at radius 2 is 1.84 bits per heavy atom. The van der Waals surface area contributed by atoms with Crippen LogP contribution in [0.3, 0.4) is 0 Å². The average molecular weight is 360 g/mol. The first-order valence-electron chi connectivity index (χ1n) is 8.21. The van der Waals surface area contributed by atoms with Crippen LogP contribution >= 0.6 is 0 Å². The van der Waals surface area contributed by atoms with Gasteiger partial charge in [0.15, 0.2) is 0 Å². The fourth-order valence-corrected chi connectivity index (χ4v) is 4.69. The molecule has 3 rings (SSSR count). The van der Waals surface area contributed by atoms with Crippen LogP contribution in [0.15, 0.2) is 53.7 Å². The molecule has 0 unspecified atom stereocenters.